The van der Waals surface area contributed by atoms with Crippen molar-refractivity contribution in [2.24, 2.45) is 5.92 Å². The second-order valence-corrected chi connectivity index (χ2v) is 8.78. The lowest BCUT2D eigenvalue weighted by molar-refractivity contribution is -0.124. The molecule has 1 atom stereocenters. The molecule has 2 amide bonds. The van der Waals surface area contributed by atoms with E-state index in [9.17, 15) is 9.59 Å². The Morgan fingerprint density at radius 3 is 2.70 bits per heavy atom. The largest absolute Gasteiger partial charge is 0.312 e. The van der Waals surface area contributed by atoms with Gasteiger partial charge >= 0.3 is 0 Å². The maximum Gasteiger partial charge on any atom is 0.232 e. The molecule has 2 aliphatic rings. The number of thioether (sulfide) groups is 2. The molecule has 27 heavy (non-hydrogen) atoms. The molecule has 0 unspecified atom stereocenters. The Hall–Kier alpha value is -1.92. The van der Waals surface area contributed by atoms with Crippen LogP contribution < -0.4 is 9.80 Å². The topological polar surface area (TPSA) is 40.6 Å². The molecule has 2 heterocycles. The highest BCUT2D eigenvalue weighted by Crippen LogP contribution is 2.36. The van der Waals surface area contributed by atoms with Crippen LogP contribution in [0.1, 0.15) is 12.8 Å². The van der Waals surface area contributed by atoms with E-state index in [0.717, 1.165) is 39.9 Å². The summed E-state index contributed by atoms with van der Waals surface area (Å²) in [5.41, 5.74) is 1.86. The maximum atomic E-state index is 13.3. The number of carbonyl (C=O) groups excluding carboxylic acids is 2. The molecule has 1 saturated heterocycles. The fourth-order valence-electron chi connectivity index (χ4n) is 3.66. The summed E-state index contributed by atoms with van der Waals surface area (Å²) in [5.74, 6) is 0.830. The number of benzene rings is 2. The van der Waals surface area contributed by atoms with Crippen LogP contribution in [0, 0.1) is 5.92 Å². The number of rotatable bonds is 3. The summed E-state index contributed by atoms with van der Waals surface area (Å²) in [7, 11) is 0. The van der Waals surface area contributed by atoms with Crippen molar-refractivity contribution in [3.8, 4) is 0 Å². The third-order valence-electron chi connectivity index (χ3n) is 5.06. The standard InChI is InChI=1S/C21H22N2O2S2/c1-26-17-9-7-16(8-10-17)23-14-15(13-20(23)24)21(25)22-11-4-12-27-19-6-3-2-5-18(19)22/h2-3,5-10,15H,4,11-14H2,1H3/t15-/m1/s1. The maximum absolute atomic E-state index is 13.3. The third-order valence-corrected chi connectivity index (χ3v) is 6.96. The molecule has 2 aromatic rings. The van der Waals surface area contributed by atoms with E-state index in [-0.39, 0.29) is 24.2 Å². The zero-order valence-electron chi connectivity index (χ0n) is 15.3. The minimum atomic E-state index is -0.283. The monoisotopic (exact) mass is 398 g/mol. The zero-order valence-corrected chi connectivity index (χ0v) is 16.9. The SMILES string of the molecule is CSc1ccc(N2C[C@H](C(=O)N3CCCSc4ccccc43)CC2=O)cc1. The number of amides is 2. The summed E-state index contributed by atoms with van der Waals surface area (Å²) >= 11 is 3.48. The van der Waals surface area contributed by atoms with Crippen LogP contribution in [0.3, 0.4) is 0 Å². The van der Waals surface area contributed by atoms with Crippen LogP contribution in [0.2, 0.25) is 0 Å². The normalized spacial score (nSPS) is 19.7. The number of fused-ring (bicyclic) bond motifs is 1. The van der Waals surface area contributed by atoms with Gasteiger partial charge in [-0.1, -0.05) is 12.1 Å². The van der Waals surface area contributed by atoms with Gasteiger partial charge in [-0.15, -0.1) is 23.5 Å². The van der Waals surface area contributed by atoms with Gasteiger partial charge in [0.15, 0.2) is 0 Å². The Morgan fingerprint density at radius 2 is 1.93 bits per heavy atom. The van der Waals surface area contributed by atoms with Gasteiger partial charge in [0.2, 0.25) is 11.8 Å². The second kappa shape index (κ2) is 7.98. The summed E-state index contributed by atoms with van der Waals surface area (Å²) in [6.07, 6.45) is 3.28. The van der Waals surface area contributed by atoms with Crippen LogP contribution in [0.4, 0.5) is 11.4 Å². The number of hydrogen-bond donors (Lipinski definition) is 0. The molecule has 0 bridgehead atoms. The van der Waals surface area contributed by atoms with E-state index in [2.05, 4.69) is 6.07 Å². The first-order valence-corrected chi connectivity index (χ1v) is 11.4. The fourth-order valence-corrected chi connectivity index (χ4v) is 5.06. The molecule has 0 spiro atoms. The Morgan fingerprint density at radius 1 is 1.15 bits per heavy atom. The molecule has 2 aromatic carbocycles. The predicted octanol–water partition coefficient (Wildman–Crippen LogP) is 4.29. The second-order valence-electron chi connectivity index (χ2n) is 6.76. The number of para-hydroxylation sites is 1. The first-order chi connectivity index (χ1) is 13.2. The number of hydrogen-bond acceptors (Lipinski definition) is 4. The van der Waals surface area contributed by atoms with E-state index in [1.807, 2.05) is 53.6 Å². The third kappa shape index (κ3) is 3.73. The molecule has 1 fully saturated rings. The molecule has 4 nitrogen and oxygen atoms in total. The first kappa shape index (κ1) is 18.4. The van der Waals surface area contributed by atoms with E-state index in [4.69, 9.17) is 0 Å². The minimum Gasteiger partial charge on any atom is -0.312 e. The number of nitrogens with zero attached hydrogens (tertiary/aromatic N) is 2. The van der Waals surface area contributed by atoms with Gasteiger partial charge in [0, 0.05) is 35.0 Å². The van der Waals surface area contributed by atoms with E-state index in [1.165, 1.54) is 0 Å². The van der Waals surface area contributed by atoms with E-state index in [0.29, 0.717) is 6.54 Å². The van der Waals surface area contributed by atoms with Gasteiger partial charge in [-0.25, -0.2) is 0 Å². The highest BCUT2D eigenvalue weighted by atomic mass is 32.2. The zero-order chi connectivity index (χ0) is 18.8. The Balaban J connectivity index is 1.54. The van der Waals surface area contributed by atoms with Crippen molar-refractivity contribution >= 4 is 46.7 Å². The lowest BCUT2D eigenvalue weighted by Crippen LogP contribution is -2.38. The molecule has 0 aliphatic carbocycles. The van der Waals surface area contributed by atoms with Crippen molar-refractivity contribution in [1.82, 2.24) is 0 Å². The van der Waals surface area contributed by atoms with Crippen LogP contribution in [0.15, 0.2) is 58.3 Å². The quantitative estimate of drug-likeness (QED) is 0.723. The van der Waals surface area contributed by atoms with Crippen LogP contribution in [-0.2, 0) is 9.59 Å². The van der Waals surface area contributed by atoms with E-state index < -0.39 is 0 Å². The van der Waals surface area contributed by atoms with Crippen molar-refractivity contribution in [2.75, 3.05) is 34.9 Å². The average molecular weight is 399 g/mol. The molecule has 4 rings (SSSR count). The Labute approximate surface area is 168 Å². The molecule has 0 N–H and O–H groups in total. The summed E-state index contributed by atoms with van der Waals surface area (Å²) in [4.78, 5) is 31.8. The number of carbonyl (C=O) groups is 2. The van der Waals surface area contributed by atoms with Crippen LogP contribution in [0.5, 0.6) is 0 Å². The van der Waals surface area contributed by atoms with Crippen molar-refractivity contribution < 1.29 is 9.59 Å². The summed E-state index contributed by atoms with van der Waals surface area (Å²) < 4.78 is 0. The highest BCUT2D eigenvalue weighted by molar-refractivity contribution is 7.99. The Bertz CT molecular complexity index is 854. The fraction of sp³-hybridized carbons (Fsp3) is 0.333. The van der Waals surface area contributed by atoms with Crippen LogP contribution >= 0.6 is 23.5 Å². The highest BCUT2D eigenvalue weighted by Gasteiger charge is 2.38. The molecular formula is C21H22N2O2S2. The number of anilines is 2. The molecular weight excluding hydrogens is 376 g/mol. The van der Waals surface area contributed by atoms with Crippen molar-refractivity contribution in [3.05, 3.63) is 48.5 Å². The average Bonchev–Trinajstić information content (AvgIpc) is 2.96. The first-order valence-electron chi connectivity index (χ1n) is 9.15. The van der Waals surface area contributed by atoms with Crippen molar-refractivity contribution in [3.63, 3.8) is 0 Å². The van der Waals surface area contributed by atoms with Crippen molar-refractivity contribution in [1.29, 1.82) is 0 Å². The summed E-state index contributed by atoms with van der Waals surface area (Å²) in [6, 6.07) is 16.0. The lowest BCUT2D eigenvalue weighted by atomic mass is 10.1. The summed E-state index contributed by atoms with van der Waals surface area (Å²) in [5, 5.41) is 0. The molecule has 140 valence electrons. The van der Waals surface area contributed by atoms with E-state index in [1.54, 1.807) is 28.4 Å². The van der Waals surface area contributed by atoms with E-state index >= 15 is 0 Å². The van der Waals surface area contributed by atoms with Gasteiger partial charge in [-0.2, -0.15) is 0 Å². The van der Waals surface area contributed by atoms with Gasteiger partial charge < -0.3 is 9.80 Å². The van der Waals surface area contributed by atoms with Gasteiger partial charge in [0.25, 0.3) is 0 Å². The smallest absolute Gasteiger partial charge is 0.232 e. The van der Waals surface area contributed by atoms with Crippen LogP contribution in [-0.4, -0.2) is 36.9 Å². The summed E-state index contributed by atoms with van der Waals surface area (Å²) in [6.45, 7) is 1.18. The predicted molar refractivity (Wildman–Crippen MR) is 113 cm³/mol. The Kier molecular flexibility index (Phi) is 5.45. The molecule has 6 heteroatoms. The minimum absolute atomic E-state index is 0.0303. The molecule has 0 saturated carbocycles. The van der Waals surface area contributed by atoms with Gasteiger partial charge in [-0.05, 0) is 54.8 Å². The van der Waals surface area contributed by atoms with Gasteiger partial charge in [0.1, 0.15) is 0 Å². The molecule has 0 aromatic heterocycles. The lowest BCUT2D eigenvalue weighted by Gasteiger charge is -2.25. The molecule has 2 aliphatic heterocycles. The van der Waals surface area contributed by atoms with Gasteiger partial charge in [0.05, 0.1) is 11.6 Å². The molecule has 0 radical (unpaired) electrons. The van der Waals surface area contributed by atoms with Crippen LogP contribution in [0.25, 0.3) is 0 Å². The van der Waals surface area contributed by atoms with Gasteiger partial charge in [-0.3, -0.25) is 9.59 Å². The van der Waals surface area contributed by atoms with Crippen molar-refractivity contribution in [2.45, 2.75) is 22.6 Å².